The maximum atomic E-state index is 13.5. The van der Waals surface area contributed by atoms with Crippen LogP contribution < -0.4 is 15.5 Å². The van der Waals surface area contributed by atoms with Crippen LogP contribution in [0, 0.1) is 5.82 Å². The first kappa shape index (κ1) is 19.4. The molecule has 1 aliphatic carbocycles. The molecule has 0 radical (unpaired) electrons. The van der Waals surface area contributed by atoms with E-state index in [9.17, 15) is 9.18 Å². The Morgan fingerprint density at radius 1 is 1.19 bits per heavy atom. The number of benzene rings is 1. The summed E-state index contributed by atoms with van der Waals surface area (Å²) in [7, 11) is 3.87. The lowest BCUT2D eigenvalue weighted by molar-refractivity contribution is 0.0926. The highest BCUT2D eigenvalue weighted by Crippen LogP contribution is 2.22. The predicted octanol–water partition coefficient (Wildman–Crippen LogP) is 3.49. The topological polar surface area (TPSA) is 70.2 Å². The molecule has 1 aliphatic rings. The van der Waals surface area contributed by atoms with Gasteiger partial charge in [0.05, 0.1) is 5.02 Å². The van der Waals surface area contributed by atoms with Crippen LogP contribution >= 0.6 is 11.6 Å². The van der Waals surface area contributed by atoms with Gasteiger partial charge in [-0.05, 0) is 49.9 Å². The van der Waals surface area contributed by atoms with Gasteiger partial charge in [-0.1, -0.05) is 11.6 Å². The average molecular weight is 392 g/mol. The molecule has 8 heteroatoms. The van der Waals surface area contributed by atoms with Crippen LogP contribution in [0.5, 0.6) is 0 Å². The number of carbonyl (C=O) groups excluding carboxylic acids is 1. The van der Waals surface area contributed by atoms with E-state index in [-0.39, 0.29) is 28.6 Å². The maximum absolute atomic E-state index is 13.5. The molecule has 0 aliphatic heterocycles. The number of carbonyl (C=O) groups is 1. The van der Waals surface area contributed by atoms with Crippen molar-refractivity contribution in [3.8, 4) is 0 Å². The average Bonchev–Trinajstić information content (AvgIpc) is 2.65. The second kappa shape index (κ2) is 8.52. The molecule has 6 nitrogen and oxygen atoms in total. The maximum Gasteiger partial charge on any atom is 0.251 e. The van der Waals surface area contributed by atoms with Crippen LogP contribution in [0.25, 0.3) is 0 Å². The van der Waals surface area contributed by atoms with Gasteiger partial charge in [-0.25, -0.2) is 9.37 Å². The Hall–Kier alpha value is -2.41. The van der Waals surface area contributed by atoms with E-state index in [1.807, 2.05) is 25.1 Å². The van der Waals surface area contributed by atoms with Crippen molar-refractivity contribution in [1.29, 1.82) is 0 Å². The van der Waals surface area contributed by atoms with E-state index in [1.165, 1.54) is 18.2 Å². The quantitative estimate of drug-likeness (QED) is 0.816. The van der Waals surface area contributed by atoms with E-state index in [1.54, 1.807) is 6.20 Å². The van der Waals surface area contributed by atoms with Crippen LogP contribution in [-0.2, 0) is 0 Å². The molecular formula is C19H23ClFN5O. The van der Waals surface area contributed by atoms with Gasteiger partial charge in [-0.2, -0.15) is 4.98 Å². The highest BCUT2D eigenvalue weighted by Gasteiger charge is 2.23. The van der Waals surface area contributed by atoms with Crippen LogP contribution in [-0.4, -0.2) is 42.1 Å². The molecule has 1 saturated carbocycles. The lowest BCUT2D eigenvalue weighted by atomic mass is 9.91. The van der Waals surface area contributed by atoms with E-state index < -0.39 is 5.82 Å². The van der Waals surface area contributed by atoms with Gasteiger partial charge in [-0.3, -0.25) is 4.79 Å². The van der Waals surface area contributed by atoms with Crippen molar-refractivity contribution >= 4 is 29.3 Å². The third kappa shape index (κ3) is 5.07. The molecule has 1 fully saturated rings. The van der Waals surface area contributed by atoms with Gasteiger partial charge in [0.2, 0.25) is 5.95 Å². The summed E-state index contributed by atoms with van der Waals surface area (Å²) in [6.45, 7) is 0. The van der Waals surface area contributed by atoms with Gasteiger partial charge in [0.15, 0.2) is 0 Å². The lowest BCUT2D eigenvalue weighted by Gasteiger charge is -2.29. The molecule has 144 valence electrons. The number of anilines is 2. The number of rotatable bonds is 5. The SMILES string of the molecule is CN(C)c1ccnc(NC2CCC(NC(=O)c3ccc(Cl)c(F)c3)CC2)n1. The highest BCUT2D eigenvalue weighted by atomic mass is 35.5. The molecule has 2 aromatic rings. The Labute approximate surface area is 163 Å². The largest absolute Gasteiger partial charge is 0.363 e. The fourth-order valence-corrected chi connectivity index (χ4v) is 3.26. The van der Waals surface area contributed by atoms with E-state index in [2.05, 4.69) is 20.6 Å². The number of nitrogens with zero attached hydrogens (tertiary/aromatic N) is 3. The molecular weight excluding hydrogens is 369 g/mol. The number of hydrogen-bond donors (Lipinski definition) is 2. The van der Waals surface area contributed by atoms with E-state index in [4.69, 9.17) is 11.6 Å². The van der Waals surface area contributed by atoms with Crippen molar-refractivity contribution < 1.29 is 9.18 Å². The summed E-state index contributed by atoms with van der Waals surface area (Å²) in [4.78, 5) is 23.0. The van der Waals surface area contributed by atoms with E-state index in [0.29, 0.717) is 5.95 Å². The van der Waals surface area contributed by atoms with Crippen molar-refractivity contribution in [2.24, 2.45) is 0 Å². The predicted molar refractivity (Wildman–Crippen MR) is 105 cm³/mol. The summed E-state index contributed by atoms with van der Waals surface area (Å²) in [5.41, 5.74) is 0.283. The molecule has 1 aromatic carbocycles. The number of amides is 1. The summed E-state index contributed by atoms with van der Waals surface area (Å²) in [5, 5.41) is 6.36. The normalized spacial score (nSPS) is 19.4. The van der Waals surface area contributed by atoms with E-state index in [0.717, 1.165) is 31.5 Å². The smallest absolute Gasteiger partial charge is 0.251 e. The van der Waals surface area contributed by atoms with Crippen LogP contribution in [0.4, 0.5) is 16.2 Å². The van der Waals surface area contributed by atoms with Crippen molar-refractivity contribution in [1.82, 2.24) is 15.3 Å². The second-order valence-electron chi connectivity index (χ2n) is 6.93. The molecule has 0 atom stereocenters. The summed E-state index contributed by atoms with van der Waals surface area (Å²) in [6.07, 6.45) is 5.21. The van der Waals surface area contributed by atoms with Crippen molar-refractivity contribution in [2.75, 3.05) is 24.3 Å². The summed E-state index contributed by atoms with van der Waals surface area (Å²) in [5.74, 6) is 0.607. The molecule has 3 rings (SSSR count). The number of hydrogen-bond acceptors (Lipinski definition) is 5. The zero-order chi connectivity index (χ0) is 19.4. The molecule has 0 spiro atoms. The Balaban J connectivity index is 1.50. The molecule has 1 aromatic heterocycles. The lowest BCUT2D eigenvalue weighted by Crippen LogP contribution is -2.40. The number of aromatic nitrogens is 2. The Bertz CT molecular complexity index is 808. The molecule has 0 saturated heterocycles. The minimum absolute atomic E-state index is 0.0127. The van der Waals surface area contributed by atoms with Gasteiger partial charge in [0.1, 0.15) is 11.6 Å². The van der Waals surface area contributed by atoms with Crippen molar-refractivity contribution in [2.45, 2.75) is 37.8 Å². The van der Waals surface area contributed by atoms with Crippen LogP contribution in [0.2, 0.25) is 5.02 Å². The molecule has 0 unspecified atom stereocenters. The number of nitrogens with one attached hydrogen (secondary N) is 2. The molecule has 1 heterocycles. The van der Waals surface area contributed by atoms with Gasteiger partial charge >= 0.3 is 0 Å². The van der Waals surface area contributed by atoms with E-state index >= 15 is 0 Å². The van der Waals surface area contributed by atoms with Crippen LogP contribution in [0.15, 0.2) is 30.5 Å². The molecule has 0 bridgehead atoms. The standard InChI is InChI=1S/C19H23ClFN5O/c1-26(2)17-9-10-22-19(25-17)24-14-6-4-13(5-7-14)23-18(27)12-3-8-15(20)16(21)11-12/h3,8-11,13-14H,4-7H2,1-2H3,(H,23,27)(H,22,24,25). The summed E-state index contributed by atoms with van der Waals surface area (Å²) < 4.78 is 13.5. The molecule has 2 N–H and O–H groups in total. The van der Waals surface area contributed by atoms with Gasteiger partial charge in [0, 0.05) is 37.9 Å². The number of halogens is 2. The fraction of sp³-hybridized carbons (Fsp3) is 0.421. The Morgan fingerprint density at radius 3 is 2.56 bits per heavy atom. The summed E-state index contributed by atoms with van der Waals surface area (Å²) >= 11 is 5.66. The molecule has 27 heavy (non-hydrogen) atoms. The highest BCUT2D eigenvalue weighted by molar-refractivity contribution is 6.30. The van der Waals surface area contributed by atoms with Crippen LogP contribution in [0.1, 0.15) is 36.0 Å². The van der Waals surface area contributed by atoms with Gasteiger partial charge < -0.3 is 15.5 Å². The third-order valence-corrected chi connectivity index (χ3v) is 4.98. The zero-order valence-electron chi connectivity index (χ0n) is 15.4. The van der Waals surface area contributed by atoms with Gasteiger partial charge in [-0.15, -0.1) is 0 Å². The first-order valence-corrected chi connectivity index (χ1v) is 9.33. The first-order valence-electron chi connectivity index (χ1n) is 8.95. The van der Waals surface area contributed by atoms with Gasteiger partial charge in [0.25, 0.3) is 5.91 Å². The summed E-state index contributed by atoms with van der Waals surface area (Å²) in [6, 6.07) is 6.29. The van der Waals surface area contributed by atoms with Crippen molar-refractivity contribution in [3.63, 3.8) is 0 Å². The third-order valence-electron chi connectivity index (χ3n) is 4.68. The molecule has 1 amide bonds. The minimum Gasteiger partial charge on any atom is -0.363 e. The Morgan fingerprint density at radius 2 is 1.89 bits per heavy atom. The zero-order valence-corrected chi connectivity index (χ0v) is 16.1. The Kier molecular flexibility index (Phi) is 6.11. The first-order chi connectivity index (χ1) is 12.9. The fourth-order valence-electron chi connectivity index (χ4n) is 3.14. The van der Waals surface area contributed by atoms with Crippen molar-refractivity contribution in [3.05, 3.63) is 46.9 Å². The van der Waals surface area contributed by atoms with Crippen LogP contribution in [0.3, 0.4) is 0 Å². The second-order valence-corrected chi connectivity index (χ2v) is 7.34. The minimum atomic E-state index is -0.586. The monoisotopic (exact) mass is 391 g/mol.